The average molecular weight is 368 g/mol. The molecule has 0 saturated heterocycles. The van der Waals surface area contributed by atoms with Gasteiger partial charge in [0.15, 0.2) is 0 Å². The standard InChI is InChI=1S/C18H19Cl2NO3/c1-12-10-15(22)11-16(20)17(12)24-9-3-2-8-21-18(23)13-4-6-14(19)7-5-13/h4-7,10-11,22H,2-3,8-9H2,1H3,(H,21,23). The molecule has 6 heteroatoms. The summed E-state index contributed by atoms with van der Waals surface area (Å²) in [5.41, 5.74) is 1.37. The molecule has 2 rings (SSSR count). The second-order valence-corrected chi connectivity index (χ2v) is 6.24. The van der Waals surface area contributed by atoms with Gasteiger partial charge in [0.1, 0.15) is 11.5 Å². The first-order valence-corrected chi connectivity index (χ1v) is 8.38. The Balaban J connectivity index is 1.68. The lowest BCUT2D eigenvalue weighted by molar-refractivity contribution is 0.0952. The molecule has 24 heavy (non-hydrogen) atoms. The number of hydrogen-bond acceptors (Lipinski definition) is 3. The van der Waals surface area contributed by atoms with Crippen molar-refractivity contribution in [3.63, 3.8) is 0 Å². The number of aromatic hydroxyl groups is 1. The number of aryl methyl sites for hydroxylation is 1. The third kappa shape index (κ3) is 5.32. The SMILES string of the molecule is Cc1cc(O)cc(Cl)c1OCCCCNC(=O)c1ccc(Cl)cc1. The van der Waals surface area contributed by atoms with E-state index in [1.807, 2.05) is 6.92 Å². The van der Waals surface area contributed by atoms with Gasteiger partial charge in [0.2, 0.25) is 0 Å². The number of phenolic OH excluding ortho intramolecular Hbond substituents is 1. The maximum Gasteiger partial charge on any atom is 0.251 e. The van der Waals surface area contributed by atoms with Gasteiger partial charge in [-0.2, -0.15) is 0 Å². The third-order valence-electron chi connectivity index (χ3n) is 3.42. The fourth-order valence-electron chi connectivity index (χ4n) is 2.20. The van der Waals surface area contributed by atoms with Gasteiger partial charge in [0, 0.05) is 23.2 Å². The molecule has 0 fully saturated rings. The zero-order chi connectivity index (χ0) is 17.5. The maximum absolute atomic E-state index is 11.9. The summed E-state index contributed by atoms with van der Waals surface area (Å²) in [4.78, 5) is 11.9. The summed E-state index contributed by atoms with van der Waals surface area (Å²) in [7, 11) is 0. The highest BCUT2D eigenvalue weighted by Gasteiger charge is 2.08. The summed E-state index contributed by atoms with van der Waals surface area (Å²) >= 11 is 11.8. The van der Waals surface area contributed by atoms with Crippen molar-refractivity contribution in [3.8, 4) is 11.5 Å². The molecule has 0 radical (unpaired) electrons. The summed E-state index contributed by atoms with van der Waals surface area (Å²) in [6.07, 6.45) is 1.56. The van der Waals surface area contributed by atoms with Gasteiger partial charge in [-0.3, -0.25) is 4.79 Å². The Morgan fingerprint density at radius 1 is 1.17 bits per heavy atom. The maximum atomic E-state index is 11.9. The van der Waals surface area contributed by atoms with E-state index >= 15 is 0 Å². The smallest absolute Gasteiger partial charge is 0.251 e. The van der Waals surface area contributed by atoms with Crippen LogP contribution in [0.1, 0.15) is 28.8 Å². The number of phenols is 1. The molecule has 2 N–H and O–H groups in total. The minimum Gasteiger partial charge on any atom is -0.508 e. The molecule has 0 aliphatic heterocycles. The Morgan fingerprint density at radius 3 is 2.54 bits per heavy atom. The molecule has 128 valence electrons. The molecular weight excluding hydrogens is 349 g/mol. The molecule has 2 aromatic rings. The molecule has 0 aromatic heterocycles. The molecule has 0 aliphatic rings. The lowest BCUT2D eigenvalue weighted by Crippen LogP contribution is -2.24. The normalized spacial score (nSPS) is 10.5. The fraction of sp³-hybridized carbons (Fsp3) is 0.278. The summed E-state index contributed by atoms with van der Waals surface area (Å²) in [6, 6.07) is 9.82. The fourth-order valence-corrected chi connectivity index (χ4v) is 2.64. The number of rotatable bonds is 7. The van der Waals surface area contributed by atoms with Crippen LogP contribution in [0.15, 0.2) is 36.4 Å². The molecule has 0 spiro atoms. The van der Waals surface area contributed by atoms with Crippen molar-refractivity contribution in [1.29, 1.82) is 0 Å². The molecule has 0 bridgehead atoms. The van der Waals surface area contributed by atoms with Gasteiger partial charge in [-0.05, 0) is 55.7 Å². The van der Waals surface area contributed by atoms with Crippen LogP contribution in [-0.2, 0) is 0 Å². The first kappa shape index (κ1) is 18.4. The molecule has 1 amide bonds. The van der Waals surface area contributed by atoms with Crippen LogP contribution in [0.4, 0.5) is 0 Å². The van der Waals surface area contributed by atoms with Crippen LogP contribution in [-0.4, -0.2) is 24.2 Å². The van der Waals surface area contributed by atoms with E-state index in [4.69, 9.17) is 27.9 Å². The van der Waals surface area contributed by atoms with E-state index in [9.17, 15) is 9.90 Å². The molecule has 0 saturated carbocycles. The van der Waals surface area contributed by atoms with E-state index in [0.717, 1.165) is 18.4 Å². The predicted octanol–water partition coefficient (Wildman–Crippen LogP) is 4.60. The van der Waals surface area contributed by atoms with Gasteiger partial charge in [0.25, 0.3) is 5.91 Å². The molecule has 4 nitrogen and oxygen atoms in total. The van der Waals surface area contributed by atoms with Crippen molar-refractivity contribution in [2.24, 2.45) is 0 Å². The second kappa shape index (κ2) is 8.81. The monoisotopic (exact) mass is 367 g/mol. The van der Waals surface area contributed by atoms with Crippen LogP contribution >= 0.6 is 23.2 Å². The van der Waals surface area contributed by atoms with Gasteiger partial charge >= 0.3 is 0 Å². The number of amides is 1. The largest absolute Gasteiger partial charge is 0.508 e. The first-order valence-electron chi connectivity index (χ1n) is 7.63. The number of nitrogens with one attached hydrogen (secondary N) is 1. The molecule has 2 aromatic carbocycles. The summed E-state index contributed by atoms with van der Waals surface area (Å²) < 4.78 is 5.66. The van der Waals surface area contributed by atoms with Crippen LogP contribution < -0.4 is 10.1 Å². The number of unbranched alkanes of at least 4 members (excludes halogenated alkanes) is 1. The van der Waals surface area contributed by atoms with E-state index in [-0.39, 0.29) is 11.7 Å². The Bertz CT molecular complexity index is 679. The first-order chi connectivity index (χ1) is 11.5. The lowest BCUT2D eigenvalue weighted by Gasteiger charge is -2.11. The van der Waals surface area contributed by atoms with Crippen LogP contribution in [0.2, 0.25) is 10.0 Å². The van der Waals surface area contributed by atoms with Crippen molar-refractivity contribution in [3.05, 3.63) is 57.6 Å². The van der Waals surface area contributed by atoms with Gasteiger partial charge in [-0.25, -0.2) is 0 Å². The lowest BCUT2D eigenvalue weighted by atomic mass is 10.2. The minimum absolute atomic E-state index is 0.120. The van der Waals surface area contributed by atoms with Gasteiger partial charge in [0.05, 0.1) is 11.6 Å². The van der Waals surface area contributed by atoms with Crippen molar-refractivity contribution >= 4 is 29.1 Å². The highest BCUT2D eigenvalue weighted by atomic mass is 35.5. The quantitative estimate of drug-likeness (QED) is 0.703. The average Bonchev–Trinajstić information content (AvgIpc) is 2.53. The second-order valence-electron chi connectivity index (χ2n) is 5.39. The van der Waals surface area contributed by atoms with E-state index in [0.29, 0.717) is 34.5 Å². The third-order valence-corrected chi connectivity index (χ3v) is 3.96. The molecular formula is C18H19Cl2NO3. The number of ether oxygens (including phenoxy) is 1. The highest BCUT2D eigenvalue weighted by molar-refractivity contribution is 6.32. The minimum atomic E-state index is -0.120. The molecule has 0 atom stereocenters. The van der Waals surface area contributed by atoms with Crippen LogP contribution in [0.25, 0.3) is 0 Å². The van der Waals surface area contributed by atoms with Gasteiger partial charge in [-0.15, -0.1) is 0 Å². The number of hydrogen-bond donors (Lipinski definition) is 2. The number of carbonyl (C=O) groups excluding carboxylic acids is 1. The number of benzene rings is 2. The Kier molecular flexibility index (Phi) is 6.76. The topological polar surface area (TPSA) is 58.6 Å². The van der Waals surface area contributed by atoms with Gasteiger partial charge in [-0.1, -0.05) is 23.2 Å². The molecule has 0 unspecified atom stereocenters. The zero-order valence-corrected chi connectivity index (χ0v) is 14.8. The molecule has 0 aliphatic carbocycles. The molecule has 0 heterocycles. The highest BCUT2D eigenvalue weighted by Crippen LogP contribution is 2.32. The van der Waals surface area contributed by atoms with E-state index in [2.05, 4.69) is 5.32 Å². The van der Waals surface area contributed by atoms with Crippen LogP contribution in [0, 0.1) is 6.92 Å². The van der Waals surface area contributed by atoms with E-state index in [1.54, 1.807) is 30.3 Å². The number of carbonyl (C=O) groups is 1. The van der Waals surface area contributed by atoms with Crippen LogP contribution in [0.3, 0.4) is 0 Å². The van der Waals surface area contributed by atoms with E-state index in [1.165, 1.54) is 6.07 Å². The van der Waals surface area contributed by atoms with Crippen molar-refractivity contribution < 1.29 is 14.6 Å². The Morgan fingerprint density at radius 2 is 1.88 bits per heavy atom. The zero-order valence-electron chi connectivity index (χ0n) is 13.3. The van der Waals surface area contributed by atoms with Crippen molar-refractivity contribution in [2.45, 2.75) is 19.8 Å². The predicted molar refractivity (Wildman–Crippen MR) is 96.4 cm³/mol. The Labute approximate surface area is 151 Å². The summed E-state index contributed by atoms with van der Waals surface area (Å²) in [6.45, 7) is 2.88. The van der Waals surface area contributed by atoms with Crippen molar-refractivity contribution in [1.82, 2.24) is 5.32 Å². The van der Waals surface area contributed by atoms with Crippen molar-refractivity contribution in [2.75, 3.05) is 13.2 Å². The van der Waals surface area contributed by atoms with Crippen LogP contribution in [0.5, 0.6) is 11.5 Å². The summed E-state index contributed by atoms with van der Waals surface area (Å²) in [5, 5.41) is 13.3. The summed E-state index contributed by atoms with van der Waals surface area (Å²) in [5.74, 6) is 0.583. The Hall–Kier alpha value is -1.91. The van der Waals surface area contributed by atoms with E-state index < -0.39 is 0 Å². The van der Waals surface area contributed by atoms with Gasteiger partial charge < -0.3 is 15.2 Å². The number of halogens is 2.